The predicted molar refractivity (Wildman–Crippen MR) is 136 cm³/mol. The van der Waals surface area contributed by atoms with Crippen molar-refractivity contribution in [1.82, 2.24) is 35.2 Å². The average molecular weight is 505 g/mol. The molecular weight excluding hydrogens is 476 g/mol. The van der Waals surface area contributed by atoms with E-state index < -0.39 is 5.91 Å². The van der Waals surface area contributed by atoms with Gasteiger partial charge in [-0.3, -0.25) is 19.5 Å². The summed E-state index contributed by atoms with van der Waals surface area (Å²) in [6.07, 6.45) is 5.98. The zero-order valence-corrected chi connectivity index (χ0v) is 20.6. The fraction of sp³-hybridized carbons (Fsp3) is 0.360. The van der Waals surface area contributed by atoms with E-state index in [0.717, 1.165) is 36.9 Å². The van der Waals surface area contributed by atoms with Crippen LogP contribution in [-0.4, -0.2) is 60.0 Å². The first-order valence-electron chi connectivity index (χ1n) is 12.2. The molecule has 0 atom stereocenters. The van der Waals surface area contributed by atoms with Gasteiger partial charge in [0, 0.05) is 50.9 Å². The van der Waals surface area contributed by atoms with Gasteiger partial charge in [0.2, 0.25) is 5.95 Å². The van der Waals surface area contributed by atoms with Crippen molar-refractivity contribution in [1.29, 1.82) is 0 Å². The number of fused-ring (bicyclic) bond motifs is 1. The van der Waals surface area contributed by atoms with Crippen LogP contribution in [0.25, 0.3) is 22.4 Å². The van der Waals surface area contributed by atoms with Crippen LogP contribution in [0.2, 0.25) is 0 Å². The van der Waals surface area contributed by atoms with Crippen molar-refractivity contribution >= 4 is 22.9 Å². The van der Waals surface area contributed by atoms with Crippen LogP contribution in [-0.2, 0) is 13.5 Å². The van der Waals surface area contributed by atoms with Crippen molar-refractivity contribution in [3.63, 3.8) is 0 Å². The lowest BCUT2D eigenvalue weighted by Crippen LogP contribution is -2.39. The smallest absolute Gasteiger partial charge is 0.277 e. The number of amides is 1. The molecule has 4 aromatic rings. The van der Waals surface area contributed by atoms with Gasteiger partial charge in [-0.1, -0.05) is 25.5 Å². The Bertz CT molecular complexity index is 1470. The summed E-state index contributed by atoms with van der Waals surface area (Å²) in [5.41, 5.74) is 4.23. The fourth-order valence-electron chi connectivity index (χ4n) is 4.54. The third kappa shape index (κ3) is 5.00. The van der Waals surface area contributed by atoms with Gasteiger partial charge in [-0.25, -0.2) is 20.4 Å². The van der Waals surface area contributed by atoms with Gasteiger partial charge in [0.25, 0.3) is 11.5 Å². The molecule has 0 radical (unpaired) electrons. The van der Waals surface area contributed by atoms with E-state index in [0.29, 0.717) is 41.6 Å². The van der Waals surface area contributed by atoms with Crippen LogP contribution in [0.5, 0.6) is 5.75 Å². The molecule has 1 aliphatic heterocycles. The van der Waals surface area contributed by atoms with Crippen LogP contribution in [0.3, 0.4) is 0 Å². The average Bonchev–Trinajstić information content (AvgIpc) is 3.24. The van der Waals surface area contributed by atoms with E-state index in [9.17, 15) is 9.59 Å². The summed E-state index contributed by atoms with van der Waals surface area (Å²) in [6, 6.07) is 7.57. The molecule has 12 nitrogen and oxygen atoms in total. The summed E-state index contributed by atoms with van der Waals surface area (Å²) in [6.45, 7) is 3.47. The van der Waals surface area contributed by atoms with Crippen LogP contribution in [0, 0.1) is 0 Å². The third-order valence-corrected chi connectivity index (χ3v) is 6.39. The number of nitrogens with one attached hydrogen (secondary N) is 2. The highest BCUT2D eigenvalue weighted by Crippen LogP contribution is 2.26. The van der Waals surface area contributed by atoms with Gasteiger partial charge in [-0.2, -0.15) is 5.10 Å². The number of ether oxygens (including phenoxy) is 1. The fourth-order valence-corrected chi connectivity index (χ4v) is 4.54. The van der Waals surface area contributed by atoms with Crippen molar-refractivity contribution in [2.24, 2.45) is 7.05 Å². The summed E-state index contributed by atoms with van der Waals surface area (Å²) in [5.74, 6) is 1.06. The molecule has 5 rings (SSSR count). The number of hydrogen-bond acceptors (Lipinski definition) is 9. The molecule has 37 heavy (non-hydrogen) atoms. The second-order valence-electron chi connectivity index (χ2n) is 8.98. The van der Waals surface area contributed by atoms with Crippen LogP contribution >= 0.6 is 0 Å². The molecule has 0 unspecified atom stereocenters. The number of anilines is 1. The molecule has 1 saturated heterocycles. The molecule has 4 heterocycles. The van der Waals surface area contributed by atoms with Crippen LogP contribution in [0.15, 0.2) is 41.5 Å². The van der Waals surface area contributed by atoms with Gasteiger partial charge in [0.15, 0.2) is 5.52 Å². The Morgan fingerprint density at radius 2 is 2.00 bits per heavy atom. The highest BCUT2D eigenvalue weighted by atomic mass is 16.5. The quantitative estimate of drug-likeness (QED) is 0.254. The van der Waals surface area contributed by atoms with Gasteiger partial charge in [-0.05, 0) is 18.6 Å². The zero-order chi connectivity index (χ0) is 25.9. The molecule has 192 valence electrons. The standard InChI is InChI=1S/C25H28N8O4/c1-3-5-19-20-21(32(2)30-19)24(35)29-22(28-20)15-6-4-7-18(12-15)37-17-8-10-33(11-9-17)25-26-13-16(14-27-25)23(34)31-36/h4,6-7,12-14,17,36H,3,5,8-11H2,1-2H3,(H,31,34)(H,28,29,35). The molecule has 1 amide bonds. The Balaban J connectivity index is 1.28. The minimum absolute atomic E-state index is 0.00917. The first-order valence-corrected chi connectivity index (χ1v) is 12.2. The van der Waals surface area contributed by atoms with Crippen LogP contribution in [0.4, 0.5) is 5.95 Å². The molecule has 0 bridgehead atoms. The number of carbonyl (C=O) groups excluding carboxylic acids is 1. The summed E-state index contributed by atoms with van der Waals surface area (Å²) >= 11 is 0. The number of aryl methyl sites for hydroxylation is 2. The third-order valence-electron chi connectivity index (χ3n) is 6.39. The number of hydrogen-bond donors (Lipinski definition) is 3. The molecular formula is C25H28N8O4. The highest BCUT2D eigenvalue weighted by Gasteiger charge is 2.23. The largest absolute Gasteiger partial charge is 0.490 e. The maximum absolute atomic E-state index is 12.8. The monoisotopic (exact) mass is 504 g/mol. The number of carbonyl (C=O) groups is 1. The predicted octanol–water partition coefficient (Wildman–Crippen LogP) is 2.23. The first kappa shape index (κ1) is 24.4. The van der Waals surface area contributed by atoms with E-state index in [1.54, 1.807) is 17.2 Å². The van der Waals surface area contributed by atoms with E-state index >= 15 is 0 Å². The normalized spacial score (nSPS) is 14.2. The number of nitrogens with zero attached hydrogens (tertiary/aromatic N) is 6. The number of rotatable bonds is 7. The highest BCUT2D eigenvalue weighted by molar-refractivity contribution is 5.92. The number of piperidine rings is 1. The van der Waals surface area contributed by atoms with Crippen LogP contribution < -0.4 is 20.7 Å². The van der Waals surface area contributed by atoms with Gasteiger partial charge in [0.05, 0.1) is 11.3 Å². The minimum Gasteiger partial charge on any atom is -0.490 e. The van der Waals surface area contributed by atoms with E-state index in [2.05, 4.69) is 27.0 Å². The van der Waals surface area contributed by atoms with Crippen molar-refractivity contribution in [3.05, 3.63) is 58.3 Å². The Morgan fingerprint density at radius 3 is 2.70 bits per heavy atom. The lowest BCUT2D eigenvalue weighted by molar-refractivity contribution is 0.0705. The number of hydroxylamine groups is 1. The van der Waals surface area contributed by atoms with Gasteiger partial charge in [0.1, 0.15) is 23.2 Å². The van der Waals surface area contributed by atoms with Crippen LogP contribution in [0.1, 0.15) is 42.2 Å². The molecule has 0 spiro atoms. The zero-order valence-electron chi connectivity index (χ0n) is 20.6. The lowest BCUT2D eigenvalue weighted by Gasteiger charge is -2.32. The molecule has 12 heteroatoms. The lowest BCUT2D eigenvalue weighted by atomic mass is 10.1. The second-order valence-corrected chi connectivity index (χ2v) is 8.98. The SMILES string of the molecule is CCCc1nn(C)c2c(=O)[nH]c(-c3cccc(OC4CCN(c5ncc(C(=O)NO)cn5)CC4)c3)nc12. The van der Waals surface area contributed by atoms with E-state index in [1.165, 1.54) is 12.4 Å². The Kier molecular flexibility index (Phi) is 6.82. The van der Waals surface area contributed by atoms with E-state index in [4.69, 9.17) is 14.9 Å². The maximum atomic E-state index is 12.8. The molecule has 3 N–H and O–H groups in total. The number of benzene rings is 1. The maximum Gasteiger partial charge on any atom is 0.277 e. The van der Waals surface area contributed by atoms with Crippen molar-refractivity contribution in [2.75, 3.05) is 18.0 Å². The van der Waals surface area contributed by atoms with Crippen molar-refractivity contribution in [2.45, 2.75) is 38.7 Å². The first-order chi connectivity index (χ1) is 18.0. The minimum atomic E-state index is -0.651. The number of aromatic amines is 1. The van der Waals surface area contributed by atoms with Gasteiger partial charge < -0.3 is 14.6 Å². The summed E-state index contributed by atoms with van der Waals surface area (Å²) in [5, 5.41) is 13.2. The Morgan fingerprint density at radius 1 is 1.24 bits per heavy atom. The van der Waals surface area contributed by atoms with Gasteiger partial charge in [-0.15, -0.1) is 0 Å². The number of aromatic nitrogens is 6. The Hall–Kier alpha value is -4.32. The van der Waals surface area contributed by atoms with Crippen molar-refractivity contribution in [3.8, 4) is 17.1 Å². The van der Waals surface area contributed by atoms with Gasteiger partial charge >= 0.3 is 0 Å². The Labute approximate surface area is 212 Å². The molecule has 1 aromatic carbocycles. The molecule has 0 aliphatic carbocycles. The molecule has 0 saturated carbocycles. The summed E-state index contributed by atoms with van der Waals surface area (Å²) in [7, 11) is 1.76. The molecule has 1 fully saturated rings. The topological polar surface area (TPSA) is 151 Å². The molecule has 3 aromatic heterocycles. The van der Waals surface area contributed by atoms with E-state index in [-0.39, 0.29) is 17.2 Å². The summed E-state index contributed by atoms with van der Waals surface area (Å²) in [4.78, 5) is 42.4. The second kappa shape index (κ2) is 10.3. The molecule has 1 aliphatic rings. The summed E-state index contributed by atoms with van der Waals surface area (Å²) < 4.78 is 7.86. The van der Waals surface area contributed by atoms with Crippen molar-refractivity contribution < 1.29 is 14.7 Å². The van der Waals surface area contributed by atoms with E-state index in [1.807, 2.05) is 29.2 Å². The number of H-pyrrole nitrogens is 1.